The zero-order valence-electron chi connectivity index (χ0n) is 8.10. The number of aromatic nitrogens is 1. The number of nitrogens with zero attached hydrogens (tertiary/aromatic N) is 2. The van der Waals surface area contributed by atoms with E-state index in [1.54, 1.807) is 0 Å². The molecule has 74 valence electrons. The van der Waals surface area contributed by atoms with E-state index in [2.05, 4.69) is 9.98 Å². The van der Waals surface area contributed by atoms with Crippen molar-refractivity contribution in [2.45, 2.75) is 6.92 Å². The monoisotopic (exact) mass is 216 g/mol. The van der Waals surface area contributed by atoms with Crippen molar-refractivity contribution in [3.05, 3.63) is 35.2 Å². The molecule has 4 heteroatoms. The number of aliphatic imine (C=N–C) groups is 1. The summed E-state index contributed by atoms with van der Waals surface area (Å²) in [6, 6.07) is 8.05. The Kier molecular flexibility index (Phi) is 2.72. The van der Waals surface area contributed by atoms with Crippen LogP contribution in [0.25, 0.3) is 11.3 Å². The highest BCUT2D eigenvalue weighted by Gasteiger charge is 2.02. The van der Waals surface area contributed by atoms with Crippen LogP contribution >= 0.6 is 11.3 Å². The molecule has 1 heterocycles. The first kappa shape index (κ1) is 9.77. The van der Waals surface area contributed by atoms with Crippen LogP contribution in [0.4, 0.5) is 5.13 Å². The number of hydrogen-bond acceptors (Lipinski definition) is 4. The maximum atomic E-state index is 10.0. The Labute approximate surface area is 91.1 Å². The zero-order valence-corrected chi connectivity index (χ0v) is 8.91. The summed E-state index contributed by atoms with van der Waals surface area (Å²) >= 11 is 1.33. The van der Waals surface area contributed by atoms with Gasteiger partial charge >= 0.3 is 0 Å². The number of rotatable bonds is 2. The molecule has 2 rings (SSSR count). The van der Waals surface area contributed by atoms with Gasteiger partial charge in [0.25, 0.3) is 0 Å². The van der Waals surface area contributed by atoms with Crippen molar-refractivity contribution in [1.29, 1.82) is 0 Å². The van der Waals surface area contributed by atoms with Crippen LogP contribution in [0.1, 0.15) is 5.56 Å². The van der Waals surface area contributed by atoms with Crippen molar-refractivity contribution in [1.82, 2.24) is 4.98 Å². The predicted molar refractivity (Wildman–Crippen MR) is 60.1 cm³/mol. The minimum atomic E-state index is 0.445. The van der Waals surface area contributed by atoms with Gasteiger partial charge in [-0.15, -0.1) is 16.3 Å². The third-order valence-corrected chi connectivity index (χ3v) is 2.72. The van der Waals surface area contributed by atoms with Crippen LogP contribution in [0, 0.1) is 6.92 Å². The van der Waals surface area contributed by atoms with Crippen molar-refractivity contribution < 1.29 is 4.79 Å². The third kappa shape index (κ3) is 2.18. The minimum Gasteiger partial charge on any atom is -0.218 e. The smallest absolute Gasteiger partial charge is 0.218 e. The molecule has 0 fully saturated rings. The second kappa shape index (κ2) is 4.17. The van der Waals surface area contributed by atoms with E-state index in [0.29, 0.717) is 5.13 Å². The molecule has 3 nitrogen and oxygen atoms in total. The van der Waals surface area contributed by atoms with Crippen LogP contribution in [0.5, 0.6) is 0 Å². The Morgan fingerprint density at radius 1 is 1.33 bits per heavy atom. The highest BCUT2D eigenvalue weighted by molar-refractivity contribution is 7.13. The van der Waals surface area contributed by atoms with Crippen LogP contribution in [0.15, 0.2) is 34.6 Å². The molecular formula is C11H8N2OS. The SMILES string of the molecule is Cc1ccc(-c2csc(N=C=O)n2)cc1. The summed E-state index contributed by atoms with van der Waals surface area (Å²) in [6.07, 6.45) is 1.48. The van der Waals surface area contributed by atoms with Crippen molar-refractivity contribution in [2.75, 3.05) is 0 Å². The van der Waals surface area contributed by atoms with Gasteiger partial charge in [0.15, 0.2) is 0 Å². The van der Waals surface area contributed by atoms with Gasteiger partial charge < -0.3 is 0 Å². The molecule has 0 unspecified atom stereocenters. The number of aryl methyl sites for hydroxylation is 1. The van der Waals surface area contributed by atoms with Gasteiger partial charge in [-0.3, -0.25) is 0 Å². The summed E-state index contributed by atoms with van der Waals surface area (Å²) in [4.78, 5) is 17.7. The fraction of sp³-hybridized carbons (Fsp3) is 0.0909. The van der Waals surface area contributed by atoms with Crippen LogP contribution < -0.4 is 0 Å². The second-order valence-electron chi connectivity index (χ2n) is 3.08. The highest BCUT2D eigenvalue weighted by Crippen LogP contribution is 2.26. The Morgan fingerprint density at radius 2 is 2.07 bits per heavy atom. The first-order valence-corrected chi connectivity index (χ1v) is 5.28. The second-order valence-corrected chi connectivity index (χ2v) is 3.92. The lowest BCUT2D eigenvalue weighted by Crippen LogP contribution is -1.77. The summed E-state index contributed by atoms with van der Waals surface area (Å²) in [7, 11) is 0. The van der Waals surface area contributed by atoms with Crippen LogP contribution in [0.2, 0.25) is 0 Å². The molecule has 0 N–H and O–H groups in total. The fourth-order valence-corrected chi connectivity index (χ4v) is 1.86. The van der Waals surface area contributed by atoms with Gasteiger partial charge in [0.2, 0.25) is 11.2 Å². The molecule has 0 aliphatic heterocycles. The lowest BCUT2D eigenvalue weighted by Gasteiger charge is -1.96. The molecule has 0 aliphatic rings. The molecule has 15 heavy (non-hydrogen) atoms. The van der Waals surface area contributed by atoms with Gasteiger partial charge in [-0.2, -0.15) is 0 Å². The summed E-state index contributed by atoms with van der Waals surface area (Å²) in [5.41, 5.74) is 3.08. The lowest BCUT2D eigenvalue weighted by atomic mass is 10.1. The maximum Gasteiger partial charge on any atom is 0.242 e. The molecule has 1 aromatic carbocycles. The largest absolute Gasteiger partial charge is 0.242 e. The van der Waals surface area contributed by atoms with Gasteiger partial charge in [0, 0.05) is 10.9 Å². The molecule has 0 atom stereocenters. The maximum absolute atomic E-state index is 10.0. The summed E-state index contributed by atoms with van der Waals surface area (Å²) in [5.74, 6) is 0. The summed E-state index contributed by atoms with van der Waals surface area (Å²) in [6.45, 7) is 2.03. The number of isocyanates is 1. The summed E-state index contributed by atoms with van der Waals surface area (Å²) in [5, 5.41) is 2.32. The lowest BCUT2D eigenvalue weighted by molar-refractivity contribution is 0.565. The van der Waals surface area contributed by atoms with Crippen molar-refractivity contribution in [2.24, 2.45) is 4.99 Å². The number of thiazole rings is 1. The third-order valence-electron chi connectivity index (χ3n) is 1.98. The first-order valence-electron chi connectivity index (χ1n) is 4.40. The van der Waals surface area contributed by atoms with E-state index < -0.39 is 0 Å². The van der Waals surface area contributed by atoms with E-state index in [1.807, 2.05) is 36.6 Å². The average Bonchev–Trinajstić information content (AvgIpc) is 2.68. The highest BCUT2D eigenvalue weighted by atomic mass is 32.1. The number of carbonyl (C=O) groups excluding carboxylic acids is 1. The van der Waals surface area contributed by atoms with Crippen LogP contribution in [0.3, 0.4) is 0 Å². The molecule has 0 aliphatic carbocycles. The van der Waals surface area contributed by atoms with E-state index in [-0.39, 0.29) is 0 Å². The molecule has 1 aromatic heterocycles. The average molecular weight is 216 g/mol. The zero-order chi connectivity index (χ0) is 10.7. The molecule has 0 spiro atoms. The molecule has 0 saturated heterocycles. The Morgan fingerprint density at radius 3 is 2.73 bits per heavy atom. The standard InChI is InChI=1S/C11H8N2OS/c1-8-2-4-9(5-3-8)10-6-15-11(13-10)12-7-14/h2-6H,1H3. The van der Waals surface area contributed by atoms with Gasteiger partial charge in [0.1, 0.15) is 0 Å². The van der Waals surface area contributed by atoms with Crippen molar-refractivity contribution in [3.63, 3.8) is 0 Å². The van der Waals surface area contributed by atoms with Crippen LogP contribution in [-0.2, 0) is 4.79 Å². The molecule has 0 amide bonds. The van der Waals surface area contributed by atoms with Gasteiger partial charge in [-0.25, -0.2) is 9.78 Å². The van der Waals surface area contributed by atoms with E-state index in [0.717, 1.165) is 11.3 Å². The quantitative estimate of drug-likeness (QED) is 0.571. The van der Waals surface area contributed by atoms with Gasteiger partial charge in [-0.05, 0) is 6.92 Å². The molecule has 0 saturated carbocycles. The molecule has 0 bridgehead atoms. The molecule has 2 aromatic rings. The topological polar surface area (TPSA) is 42.3 Å². The van der Waals surface area contributed by atoms with E-state index >= 15 is 0 Å². The predicted octanol–water partition coefficient (Wildman–Crippen LogP) is 3.09. The minimum absolute atomic E-state index is 0.445. The fourth-order valence-electron chi connectivity index (χ4n) is 1.21. The van der Waals surface area contributed by atoms with Gasteiger partial charge in [0.05, 0.1) is 5.69 Å². The van der Waals surface area contributed by atoms with E-state index in [1.165, 1.54) is 23.0 Å². The Bertz CT molecular complexity index is 510. The Balaban J connectivity index is 2.37. The van der Waals surface area contributed by atoms with Crippen molar-refractivity contribution >= 4 is 22.5 Å². The summed E-state index contributed by atoms with van der Waals surface area (Å²) < 4.78 is 0. The Hall–Kier alpha value is -1.77. The normalized spacial score (nSPS) is 9.67. The van der Waals surface area contributed by atoms with E-state index in [9.17, 15) is 4.79 Å². The number of hydrogen-bond donors (Lipinski definition) is 0. The molecular weight excluding hydrogens is 208 g/mol. The van der Waals surface area contributed by atoms with Crippen molar-refractivity contribution in [3.8, 4) is 11.3 Å². The molecule has 0 radical (unpaired) electrons. The van der Waals surface area contributed by atoms with Gasteiger partial charge in [-0.1, -0.05) is 29.8 Å². The van der Waals surface area contributed by atoms with E-state index in [4.69, 9.17) is 0 Å². The number of benzene rings is 1. The van der Waals surface area contributed by atoms with Crippen LogP contribution in [-0.4, -0.2) is 11.1 Å². The first-order chi connectivity index (χ1) is 7.29.